The third-order valence-electron chi connectivity index (χ3n) is 2.49. The van der Waals surface area contributed by atoms with Crippen molar-refractivity contribution in [1.82, 2.24) is 0 Å². The Morgan fingerprint density at radius 2 is 1.76 bits per heavy atom. The normalized spacial score (nSPS) is 10.2. The van der Waals surface area contributed by atoms with Gasteiger partial charge in [-0.3, -0.25) is 4.79 Å². The minimum absolute atomic E-state index is 0.181. The van der Waals surface area contributed by atoms with Crippen LogP contribution in [-0.4, -0.2) is 12.5 Å². The summed E-state index contributed by atoms with van der Waals surface area (Å²) in [4.78, 5) is 11.8. The van der Waals surface area contributed by atoms with E-state index in [0.717, 1.165) is 0 Å². The Morgan fingerprint density at radius 3 is 2.38 bits per heavy atom. The van der Waals surface area contributed by atoms with Crippen LogP contribution in [0.5, 0.6) is 5.75 Å². The highest BCUT2D eigenvalue weighted by Gasteiger charge is 2.06. The number of halogens is 3. The number of rotatable bonds is 4. The quantitative estimate of drug-likeness (QED) is 0.814. The van der Waals surface area contributed by atoms with Gasteiger partial charge in [0.1, 0.15) is 5.75 Å². The number of benzene rings is 2. The molecule has 0 unspecified atom stereocenters. The van der Waals surface area contributed by atoms with E-state index in [9.17, 15) is 4.79 Å². The van der Waals surface area contributed by atoms with E-state index in [2.05, 4.69) is 5.32 Å². The van der Waals surface area contributed by atoms with E-state index < -0.39 is 0 Å². The summed E-state index contributed by atoms with van der Waals surface area (Å²) in [6.07, 6.45) is 0. The van der Waals surface area contributed by atoms with Gasteiger partial charge in [0.25, 0.3) is 5.91 Å². The minimum atomic E-state index is -0.340. The number of anilines is 2. The molecule has 0 radical (unpaired) electrons. The Bertz CT molecular complexity index is 657. The fraction of sp³-hybridized carbons (Fsp3) is 0.0714. The monoisotopic (exact) mass is 344 g/mol. The van der Waals surface area contributed by atoms with Crippen molar-refractivity contribution in [3.05, 3.63) is 51.5 Å². The molecule has 110 valence electrons. The van der Waals surface area contributed by atoms with Crippen LogP contribution in [-0.2, 0) is 4.79 Å². The summed E-state index contributed by atoms with van der Waals surface area (Å²) in [5.41, 5.74) is 6.57. The molecule has 21 heavy (non-hydrogen) atoms. The molecule has 0 saturated heterocycles. The van der Waals surface area contributed by atoms with Crippen molar-refractivity contribution < 1.29 is 9.53 Å². The maximum atomic E-state index is 11.8. The average molecular weight is 346 g/mol. The maximum Gasteiger partial charge on any atom is 0.262 e. The summed E-state index contributed by atoms with van der Waals surface area (Å²) in [5.74, 6) is 0.0751. The first-order valence-electron chi connectivity index (χ1n) is 5.88. The lowest BCUT2D eigenvalue weighted by Crippen LogP contribution is -2.20. The van der Waals surface area contributed by atoms with Gasteiger partial charge in [-0.2, -0.15) is 0 Å². The molecule has 0 aromatic heterocycles. The van der Waals surface area contributed by atoms with Crippen molar-refractivity contribution in [2.75, 3.05) is 17.7 Å². The highest BCUT2D eigenvalue weighted by molar-refractivity contribution is 6.34. The molecule has 1 amide bonds. The van der Waals surface area contributed by atoms with Crippen LogP contribution in [0.3, 0.4) is 0 Å². The highest BCUT2D eigenvalue weighted by Crippen LogP contribution is 2.24. The van der Waals surface area contributed by atoms with E-state index in [4.69, 9.17) is 45.3 Å². The molecular formula is C14H11Cl3N2O2. The van der Waals surface area contributed by atoms with Crippen LogP contribution < -0.4 is 15.8 Å². The molecule has 0 aliphatic carbocycles. The third kappa shape index (κ3) is 4.70. The average Bonchev–Trinajstić information content (AvgIpc) is 2.40. The molecule has 0 atom stereocenters. The van der Waals surface area contributed by atoms with Gasteiger partial charge in [0.2, 0.25) is 0 Å². The molecule has 2 aromatic rings. The number of hydrogen-bond donors (Lipinski definition) is 2. The number of carbonyl (C=O) groups is 1. The van der Waals surface area contributed by atoms with Gasteiger partial charge in [-0.25, -0.2) is 0 Å². The van der Waals surface area contributed by atoms with Crippen LogP contribution >= 0.6 is 34.8 Å². The van der Waals surface area contributed by atoms with Crippen molar-refractivity contribution in [2.24, 2.45) is 0 Å². The van der Waals surface area contributed by atoms with Gasteiger partial charge < -0.3 is 15.8 Å². The summed E-state index contributed by atoms with van der Waals surface area (Å²) in [5, 5.41) is 3.94. The first-order valence-corrected chi connectivity index (χ1v) is 7.01. The molecule has 0 aliphatic rings. The van der Waals surface area contributed by atoms with E-state index in [1.807, 2.05) is 0 Å². The third-order valence-corrected chi connectivity index (χ3v) is 3.27. The van der Waals surface area contributed by atoms with E-state index in [-0.39, 0.29) is 12.5 Å². The molecule has 0 spiro atoms. The van der Waals surface area contributed by atoms with Gasteiger partial charge in [-0.15, -0.1) is 0 Å². The minimum Gasteiger partial charge on any atom is -0.484 e. The lowest BCUT2D eigenvalue weighted by Gasteiger charge is -2.09. The second kappa shape index (κ2) is 6.89. The molecule has 0 heterocycles. The second-order valence-electron chi connectivity index (χ2n) is 4.18. The van der Waals surface area contributed by atoms with E-state index >= 15 is 0 Å². The van der Waals surface area contributed by atoms with Crippen LogP contribution in [0.15, 0.2) is 36.4 Å². The van der Waals surface area contributed by atoms with Gasteiger partial charge in [0, 0.05) is 15.7 Å². The fourth-order valence-corrected chi connectivity index (χ4v) is 2.20. The van der Waals surface area contributed by atoms with Crippen molar-refractivity contribution in [1.29, 1.82) is 0 Å². The predicted molar refractivity (Wildman–Crippen MR) is 86.5 cm³/mol. The Hall–Kier alpha value is -1.62. The summed E-state index contributed by atoms with van der Waals surface area (Å²) in [6, 6.07) is 9.53. The molecule has 4 nitrogen and oxygen atoms in total. The Balaban J connectivity index is 1.94. The molecule has 2 aromatic carbocycles. The Labute approximate surface area is 136 Å². The van der Waals surface area contributed by atoms with E-state index in [0.29, 0.717) is 32.2 Å². The molecule has 2 rings (SSSR count). The van der Waals surface area contributed by atoms with Gasteiger partial charge in [-0.1, -0.05) is 34.8 Å². The van der Waals surface area contributed by atoms with Crippen LogP contribution in [0.2, 0.25) is 15.1 Å². The highest BCUT2D eigenvalue weighted by atomic mass is 35.5. The van der Waals surface area contributed by atoms with E-state index in [1.165, 1.54) is 0 Å². The zero-order chi connectivity index (χ0) is 15.4. The number of amides is 1. The fourth-order valence-electron chi connectivity index (χ4n) is 1.58. The lowest BCUT2D eigenvalue weighted by molar-refractivity contribution is -0.118. The second-order valence-corrected chi connectivity index (χ2v) is 5.46. The van der Waals surface area contributed by atoms with Crippen molar-refractivity contribution in [2.45, 2.75) is 0 Å². The van der Waals surface area contributed by atoms with Crippen LogP contribution in [0, 0.1) is 0 Å². The lowest BCUT2D eigenvalue weighted by atomic mass is 10.3. The first kappa shape index (κ1) is 15.8. The van der Waals surface area contributed by atoms with Crippen molar-refractivity contribution in [3.63, 3.8) is 0 Å². The molecule has 0 bridgehead atoms. The topological polar surface area (TPSA) is 64.3 Å². The number of nitrogen functional groups attached to an aromatic ring is 1. The number of nitrogens with two attached hydrogens (primary N) is 1. The summed E-state index contributed by atoms with van der Waals surface area (Å²) in [6.45, 7) is -0.181. The Morgan fingerprint density at radius 1 is 1.10 bits per heavy atom. The molecule has 7 heteroatoms. The summed E-state index contributed by atoms with van der Waals surface area (Å²) in [7, 11) is 0. The molecule has 3 N–H and O–H groups in total. The summed E-state index contributed by atoms with van der Waals surface area (Å²) >= 11 is 17.5. The van der Waals surface area contributed by atoms with Gasteiger partial charge in [0.05, 0.1) is 10.7 Å². The summed E-state index contributed by atoms with van der Waals surface area (Å²) < 4.78 is 5.32. The van der Waals surface area contributed by atoms with E-state index in [1.54, 1.807) is 36.4 Å². The van der Waals surface area contributed by atoms with Crippen molar-refractivity contribution in [3.8, 4) is 5.75 Å². The zero-order valence-electron chi connectivity index (χ0n) is 10.7. The zero-order valence-corrected chi connectivity index (χ0v) is 13.0. The SMILES string of the molecule is Nc1cc(NC(=O)COc2cc(Cl)cc(Cl)c2)ccc1Cl. The number of ether oxygens (including phenoxy) is 1. The van der Waals surface area contributed by atoms with Gasteiger partial charge >= 0.3 is 0 Å². The van der Waals surface area contributed by atoms with Crippen LogP contribution in [0.1, 0.15) is 0 Å². The maximum absolute atomic E-state index is 11.8. The Kier molecular flexibility index (Phi) is 5.17. The first-order chi connectivity index (χ1) is 9.94. The van der Waals surface area contributed by atoms with Crippen molar-refractivity contribution >= 4 is 52.1 Å². The number of hydrogen-bond acceptors (Lipinski definition) is 3. The smallest absolute Gasteiger partial charge is 0.262 e. The molecule has 0 saturated carbocycles. The molecule has 0 aliphatic heterocycles. The van der Waals surface area contributed by atoms with Crippen LogP contribution in [0.4, 0.5) is 11.4 Å². The van der Waals surface area contributed by atoms with Crippen LogP contribution in [0.25, 0.3) is 0 Å². The van der Waals surface area contributed by atoms with Gasteiger partial charge in [0.15, 0.2) is 6.61 Å². The number of nitrogens with one attached hydrogen (secondary N) is 1. The largest absolute Gasteiger partial charge is 0.484 e. The standard InChI is InChI=1S/C14H11Cl3N2O2/c15-8-3-9(16)5-11(4-8)21-7-14(20)19-10-1-2-12(17)13(18)6-10/h1-6H,7,18H2,(H,19,20). The predicted octanol–water partition coefficient (Wildman–Crippen LogP) is 4.25. The molecule has 0 fully saturated rings. The molecular weight excluding hydrogens is 335 g/mol. The number of carbonyl (C=O) groups excluding carboxylic acids is 1. The van der Waals surface area contributed by atoms with Gasteiger partial charge in [-0.05, 0) is 36.4 Å².